The molecule has 2 amide bonds. The Morgan fingerprint density at radius 2 is 2.00 bits per heavy atom. The predicted octanol–water partition coefficient (Wildman–Crippen LogP) is 3.77. The molecule has 0 radical (unpaired) electrons. The van der Waals surface area contributed by atoms with Crippen molar-refractivity contribution in [3.63, 3.8) is 0 Å². The highest BCUT2D eigenvalue weighted by Gasteiger charge is 2.21. The Kier molecular flexibility index (Phi) is 6.29. The summed E-state index contributed by atoms with van der Waals surface area (Å²) in [5.74, 6) is 0.140. The maximum Gasteiger partial charge on any atom is 0.254 e. The van der Waals surface area contributed by atoms with Crippen LogP contribution in [0, 0.1) is 0 Å². The molecule has 0 aliphatic carbocycles. The molecule has 1 atom stereocenters. The Labute approximate surface area is 189 Å². The summed E-state index contributed by atoms with van der Waals surface area (Å²) in [5, 5.41) is 7.81. The van der Waals surface area contributed by atoms with Crippen molar-refractivity contribution in [1.29, 1.82) is 0 Å². The van der Waals surface area contributed by atoms with Crippen LogP contribution in [0.3, 0.4) is 0 Å². The fraction of sp³-hybridized carbons (Fsp3) is 0.217. The van der Waals surface area contributed by atoms with E-state index < -0.39 is 0 Å². The molecule has 0 saturated carbocycles. The highest BCUT2D eigenvalue weighted by molar-refractivity contribution is 7.10. The SMILES string of the molecule is COCC(=O)Nc1cc(C(=O)N[C@@H](C)c2cccs2)c2c(c1)nc(-c1ccncc1)n2C. The number of aryl methyl sites for hydroxylation is 1. The number of methoxy groups -OCH3 is 1. The van der Waals surface area contributed by atoms with Gasteiger partial charge < -0.3 is 19.9 Å². The van der Waals surface area contributed by atoms with Crippen LogP contribution in [-0.4, -0.2) is 40.1 Å². The number of rotatable bonds is 7. The van der Waals surface area contributed by atoms with Crippen molar-refractivity contribution in [2.24, 2.45) is 7.05 Å². The van der Waals surface area contributed by atoms with Crippen molar-refractivity contribution in [3.8, 4) is 11.4 Å². The van der Waals surface area contributed by atoms with E-state index in [2.05, 4.69) is 15.6 Å². The molecule has 3 aromatic heterocycles. The monoisotopic (exact) mass is 449 g/mol. The van der Waals surface area contributed by atoms with Crippen LogP contribution in [0.5, 0.6) is 0 Å². The van der Waals surface area contributed by atoms with Crippen LogP contribution in [0.4, 0.5) is 5.69 Å². The summed E-state index contributed by atoms with van der Waals surface area (Å²) >= 11 is 1.58. The number of hydrogen-bond acceptors (Lipinski definition) is 6. The maximum absolute atomic E-state index is 13.3. The minimum absolute atomic E-state index is 0.0839. The van der Waals surface area contributed by atoms with Crippen LogP contribution in [-0.2, 0) is 16.6 Å². The van der Waals surface area contributed by atoms with E-state index in [9.17, 15) is 9.59 Å². The first-order valence-corrected chi connectivity index (χ1v) is 10.9. The lowest BCUT2D eigenvalue weighted by molar-refractivity contribution is -0.119. The Morgan fingerprint density at radius 3 is 2.69 bits per heavy atom. The molecule has 4 aromatic rings. The second-order valence-electron chi connectivity index (χ2n) is 7.31. The van der Waals surface area contributed by atoms with Gasteiger partial charge in [-0.25, -0.2) is 4.98 Å². The number of imidazole rings is 1. The Balaban J connectivity index is 1.79. The van der Waals surface area contributed by atoms with Gasteiger partial charge in [0, 0.05) is 42.7 Å². The van der Waals surface area contributed by atoms with Gasteiger partial charge in [-0.3, -0.25) is 14.6 Å². The fourth-order valence-corrected chi connectivity index (χ4v) is 4.30. The summed E-state index contributed by atoms with van der Waals surface area (Å²) in [6.45, 7) is 1.86. The Hall–Kier alpha value is -3.56. The van der Waals surface area contributed by atoms with Gasteiger partial charge in [0.15, 0.2) is 0 Å². The molecule has 4 rings (SSSR count). The number of anilines is 1. The van der Waals surface area contributed by atoms with E-state index in [0.29, 0.717) is 28.1 Å². The zero-order valence-corrected chi connectivity index (χ0v) is 18.8. The first-order valence-electron chi connectivity index (χ1n) is 10.0. The van der Waals surface area contributed by atoms with E-state index in [1.54, 1.807) is 35.9 Å². The number of pyridine rings is 1. The second-order valence-corrected chi connectivity index (χ2v) is 8.29. The normalized spacial score (nSPS) is 12.0. The van der Waals surface area contributed by atoms with Gasteiger partial charge in [0.1, 0.15) is 12.4 Å². The largest absolute Gasteiger partial charge is 0.375 e. The topological polar surface area (TPSA) is 98.1 Å². The highest BCUT2D eigenvalue weighted by Crippen LogP contribution is 2.29. The number of thiophene rings is 1. The standard InChI is InChI=1S/C23H23N5O3S/c1-14(19-5-4-10-32-19)25-23(30)17-11-16(26-20(29)13-31-3)12-18-21(17)28(2)22(27-18)15-6-8-24-9-7-15/h4-12,14H,13H2,1-3H3,(H,25,30)(H,26,29)/t14-/m0/s1. The molecule has 0 unspecified atom stereocenters. The minimum Gasteiger partial charge on any atom is -0.375 e. The molecular weight excluding hydrogens is 426 g/mol. The van der Waals surface area contributed by atoms with Crippen molar-refractivity contribution < 1.29 is 14.3 Å². The molecule has 3 heterocycles. The number of hydrogen-bond donors (Lipinski definition) is 2. The Morgan fingerprint density at radius 1 is 1.22 bits per heavy atom. The molecule has 0 fully saturated rings. The van der Waals surface area contributed by atoms with Crippen LogP contribution in [0.2, 0.25) is 0 Å². The highest BCUT2D eigenvalue weighted by atomic mass is 32.1. The summed E-state index contributed by atoms with van der Waals surface area (Å²) in [4.78, 5) is 35.3. The van der Waals surface area contributed by atoms with Gasteiger partial charge in [0.05, 0.1) is 22.6 Å². The van der Waals surface area contributed by atoms with Crippen molar-refractivity contribution in [3.05, 3.63) is 64.6 Å². The zero-order valence-electron chi connectivity index (χ0n) is 18.0. The molecule has 0 spiro atoms. The molecule has 0 saturated heterocycles. The fourth-order valence-electron chi connectivity index (χ4n) is 3.57. The molecule has 1 aromatic carbocycles. The summed E-state index contributed by atoms with van der Waals surface area (Å²) in [5.41, 5.74) is 3.06. The molecule has 2 N–H and O–H groups in total. The van der Waals surface area contributed by atoms with Crippen molar-refractivity contribution in [2.45, 2.75) is 13.0 Å². The van der Waals surface area contributed by atoms with Gasteiger partial charge in [-0.15, -0.1) is 11.3 Å². The van der Waals surface area contributed by atoms with Gasteiger partial charge in [-0.1, -0.05) is 6.07 Å². The average molecular weight is 450 g/mol. The van der Waals surface area contributed by atoms with E-state index in [-0.39, 0.29) is 24.5 Å². The Bertz CT molecular complexity index is 1250. The first-order chi connectivity index (χ1) is 15.5. The van der Waals surface area contributed by atoms with Gasteiger partial charge >= 0.3 is 0 Å². The number of nitrogens with zero attached hydrogens (tertiary/aromatic N) is 3. The van der Waals surface area contributed by atoms with E-state index in [0.717, 1.165) is 10.4 Å². The van der Waals surface area contributed by atoms with E-state index >= 15 is 0 Å². The summed E-state index contributed by atoms with van der Waals surface area (Å²) in [6, 6.07) is 10.9. The third kappa shape index (κ3) is 4.39. The molecule has 0 bridgehead atoms. The molecule has 0 aliphatic heterocycles. The summed E-state index contributed by atoms with van der Waals surface area (Å²) < 4.78 is 6.79. The van der Waals surface area contributed by atoms with Gasteiger partial charge in [-0.05, 0) is 42.6 Å². The molecular formula is C23H23N5O3S. The number of aromatic nitrogens is 3. The summed E-state index contributed by atoms with van der Waals surface area (Å²) in [6.07, 6.45) is 3.39. The predicted molar refractivity (Wildman–Crippen MR) is 125 cm³/mol. The van der Waals surface area contributed by atoms with Crippen LogP contribution in [0.1, 0.15) is 28.2 Å². The molecule has 164 valence electrons. The lowest BCUT2D eigenvalue weighted by Crippen LogP contribution is -2.27. The minimum atomic E-state index is -0.310. The third-order valence-electron chi connectivity index (χ3n) is 5.03. The van der Waals surface area contributed by atoms with Crippen LogP contribution in [0.15, 0.2) is 54.2 Å². The molecule has 8 nitrogen and oxygen atoms in total. The van der Waals surface area contributed by atoms with Gasteiger partial charge in [0.2, 0.25) is 5.91 Å². The lowest BCUT2D eigenvalue weighted by atomic mass is 10.1. The quantitative estimate of drug-likeness (QED) is 0.448. The first kappa shape index (κ1) is 21.7. The number of fused-ring (bicyclic) bond motifs is 1. The van der Waals surface area contributed by atoms with Gasteiger partial charge in [-0.2, -0.15) is 0 Å². The van der Waals surface area contributed by atoms with E-state index in [1.165, 1.54) is 7.11 Å². The lowest BCUT2D eigenvalue weighted by Gasteiger charge is -2.15. The molecule has 9 heteroatoms. The number of carbonyl (C=O) groups is 2. The van der Waals surface area contributed by atoms with E-state index in [1.807, 2.05) is 48.2 Å². The summed E-state index contributed by atoms with van der Waals surface area (Å²) in [7, 11) is 3.32. The molecule has 32 heavy (non-hydrogen) atoms. The van der Waals surface area contributed by atoms with Crippen molar-refractivity contribution in [2.75, 3.05) is 19.0 Å². The zero-order chi connectivity index (χ0) is 22.7. The average Bonchev–Trinajstić information content (AvgIpc) is 3.43. The molecule has 0 aliphatic rings. The number of amides is 2. The second kappa shape index (κ2) is 9.29. The van der Waals surface area contributed by atoms with Crippen LogP contribution < -0.4 is 10.6 Å². The van der Waals surface area contributed by atoms with Crippen LogP contribution in [0.25, 0.3) is 22.4 Å². The number of ether oxygens (including phenoxy) is 1. The maximum atomic E-state index is 13.3. The number of carbonyl (C=O) groups excluding carboxylic acids is 2. The number of nitrogens with one attached hydrogen (secondary N) is 2. The van der Waals surface area contributed by atoms with Crippen molar-refractivity contribution in [1.82, 2.24) is 19.9 Å². The third-order valence-corrected chi connectivity index (χ3v) is 6.08. The smallest absolute Gasteiger partial charge is 0.254 e. The van der Waals surface area contributed by atoms with Crippen molar-refractivity contribution >= 4 is 39.9 Å². The van der Waals surface area contributed by atoms with E-state index in [4.69, 9.17) is 9.72 Å². The van der Waals surface area contributed by atoms with Gasteiger partial charge in [0.25, 0.3) is 5.91 Å². The van der Waals surface area contributed by atoms with Crippen LogP contribution >= 0.6 is 11.3 Å². The number of benzene rings is 1.